The maximum absolute atomic E-state index is 12.8. The Morgan fingerprint density at radius 3 is 2.88 bits per heavy atom. The molecule has 25 heavy (non-hydrogen) atoms. The van der Waals surface area contributed by atoms with Gasteiger partial charge in [-0.1, -0.05) is 18.2 Å². The number of rotatable bonds is 2. The van der Waals surface area contributed by atoms with E-state index in [0.717, 1.165) is 11.1 Å². The Morgan fingerprint density at radius 1 is 1.24 bits per heavy atom. The van der Waals surface area contributed by atoms with Gasteiger partial charge in [0, 0.05) is 18.5 Å². The summed E-state index contributed by atoms with van der Waals surface area (Å²) in [6.07, 6.45) is 2.01. The van der Waals surface area contributed by atoms with Gasteiger partial charge in [-0.25, -0.2) is 0 Å². The van der Waals surface area contributed by atoms with Gasteiger partial charge in [0.1, 0.15) is 17.2 Å². The zero-order chi connectivity index (χ0) is 17.6. The van der Waals surface area contributed by atoms with Crippen LogP contribution in [0.5, 0.6) is 5.75 Å². The van der Waals surface area contributed by atoms with Crippen molar-refractivity contribution >= 4 is 17.4 Å². The number of hydrogen-bond acceptors (Lipinski definition) is 4. The van der Waals surface area contributed by atoms with Crippen LogP contribution in [0.25, 0.3) is 5.65 Å². The van der Waals surface area contributed by atoms with Crippen molar-refractivity contribution in [3.05, 3.63) is 69.6 Å². The highest BCUT2D eigenvalue weighted by Crippen LogP contribution is 2.36. The van der Waals surface area contributed by atoms with E-state index in [9.17, 15) is 9.59 Å². The summed E-state index contributed by atoms with van der Waals surface area (Å²) in [5.74, 6) is 0.718. The van der Waals surface area contributed by atoms with Crippen molar-refractivity contribution in [2.24, 2.45) is 0 Å². The molecule has 0 aliphatic carbocycles. The Bertz CT molecular complexity index is 1060. The largest absolute Gasteiger partial charge is 0.497 e. The maximum Gasteiger partial charge on any atom is 0.279 e. The fourth-order valence-electron chi connectivity index (χ4n) is 3.37. The Balaban J connectivity index is 2.00. The second-order valence-corrected chi connectivity index (χ2v) is 6.15. The Morgan fingerprint density at radius 2 is 2.08 bits per heavy atom. The molecule has 0 bridgehead atoms. The summed E-state index contributed by atoms with van der Waals surface area (Å²) in [6.45, 7) is 1.89. The molecular weight excluding hydrogens is 318 g/mol. The number of carbonyl (C=O) groups excluding carboxylic acids is 1. The van der Waals surface area contributed by atoms with Crippen LogP contribution in [0.1, 0.15) is 29.0 Å². The van der Waals surface area contributed by atoms with Crippen molar-refractivity contribution in [2.45, 2.75) is 19.3 Å². The van der Waals surface area contributed by atoms with Crippen molar-refractivity contribution < 1.29 is 9.53 Å². The quantitative estimate of drug-likeness (QED) is 0.781. The molecule has 0 fully saturated rings. The summed E-state index contributed by atoms with van der Waals surface area (Å²) in [6, 6.07) is 11.2. The van der Waals surface area contributed by atoms with E-state index in [2.05, 4.69) is 10.3 Å². The van der Waals surface area contributed by atoms with Gasteiger partial charge in [-0.3, -0.25) is 14.0 Å². The van der Waals surface area contributed by atoms with Crippen molar-refractivity contribution in [2.75, 3.05) is 12.4 Å². The van der Waals surface area contributed by atoms with Crippen molar-refractivity contribution in [1.82, 2.24) is 9.38 Å². The monoisotopic (exact) mass is 335 g/mol. The van der Waals surface area contributed by atoms with Crippen molar-refractivity contribution in [3.8, 4) is 5.75 Å². The summed E-state index contributed by atoms with van der Waals surface area (Å²) >= 11 is 0. The van der Waals surface area contributed by atoms with Crippen LogP contribution < -0.4 is 15.6 Å². The van der Waals surface area contributed by atoms with Crippen LogP contribution in [0.4, 0.5) is 5.82 Å². The highest BCUT2D eigenvalue weighted by atomic mass is 16.5. The summed E-state index contributed by atoms with van der Waals surface area (Å²) in [5.41, 5.74) is 2.49. The Labute approximate surface area is 144 Å². The minimum absolute atomic E-state index is 0.124. The molecule has 0 unspecified atom stereocenters. The highest BCUT2D eigenvalue weighted by molar-refractivity contribution is 5.94. The van der Waals surface area contributed by atoms with Crippen LogP contribution in [0, 0.1) is 6.92 Å². The number of nitrogens with zero attached hydrogens (tertiary/aromatic N) is 2. The van der Waals surface area contributed by atoms with E-state index in [1.54, 1.807) is 11.5 Å². The summed E-state index contributed by atoms with van der Waals surface area (Å²) in [4.78, 5) is 29.4. The van der Waals surface area contributed by atoms with Crippen molar-refractivity contribution in [1.29, 1.82) is 0 Å². The first-order valence-corrected chi connectivity index (χ1v) is 8.04. The van der Waals surface area contributed by atoms with Gasteiger partial charge in [0.25, 0.3) is 5.56 Å². The number of methoxy groups -OCH3 is 1. The molecule has 6 heteroatoms. The lowest BCUT2D eigenvalue weighted by Crippen LogP contribution is -2.32. The molecule has 1 aliphatic rings. The second-order valence-electron chi connectivity index (χ2n) is 6.15. The lowest BCUT2D eigenvalue weighted by Gasteiger charge is -2.26. The maximum atomic E-state index is 12.8. The van der Waals surface area contributed by atoms with E-state index in [4.69, 9.17) is 4.74 Å². The fraction of sp³-hybridized carbons (Fsp3) is 0.211. The van der Waals surface area contributed by atoms with Gasteiger partial charge in [0.2, 0.25) is 5.91 Å². The van der Waals surface area contributed by atoms with E-state index in [-0.39, 0.29) is 23.8 Å². The molecule has 0 saturated carbocycles. The number of nitrogens with one attached hydrogen (secondary N) is 1. The molecule has 1 N–H and O–H groups in total. The van der Waals surface area contributed by atoms with Gasteiger partial charge < -0.3 is 10.1 Å². The topological polar surface area (TPSA) is 72.7 Å². The number of aryl methyl sites for hydroxylation is 1. The molecule has 0 saturated heterocycles. The number of aromatic nitrogens is 2. The molecule has 3 heterocycles. The van der Waals surface area contributed by atoms with E-state index >= 15 is 0 Å². The number of hydrogen-bond donors (Lipinski definition) is 1. The minimum atomic E-state index is -0.351. The molecule has 0 radical (unpaired) electrons. The molecule has 2 aromatic heterocycles. The van der Waals surface area contributed by atoms with E-state index in [1.807, 2.05) is 49.5 Å². The standard InChI is InChI=1S/C19H17N3O3/c1-11-5-4-8-22-17(11)21-19(24)16-14(10-15(23)20-18(16)22)12-6-3-7-13(9-12)25-2/h3-9,14H,10H2,1-2H3,(H,20,23)/t14-/m0/s1. The molecule has 6 nitrogen and oxygen atoms in total. The summed E-state index contributed by atoms with van der Waals surface area (Å²) in [5, 5.41) is 2.85. The SMILES string of the molecule is COc1cccc([C@@H]2CC(=O)Nc3c2c(=O)nc2c(C)cccn32)c1. The third kappa shape index (κ3) is 2.46. The minimum Gasteiger partial charge on any atom is -0.497 e. The third-order valence-corrected chi connectivity index (χ3v) is 4.59. The van der Waals surface area contributed by atoms with Gasteiger partial charge in [-0.2, -0.15) is 4.98 Å². The lowest BCUT2D eigenvalue weighted by molar-refractivity contribution is -0.116. The summed E-state index contributed by atoms with van der Waals surface area (Å²) < 4.78 is 7.05. The number of fused-ring (bicyclic) bond motifs is 3. The predicted octanol–water partition coefficient (Wildman–Crippen LogP) is 2.49. The van der Waals surface area contributed by atoms with Gasteiger partial charge in [0.15, 0.2) is 0 Å². The summed E-state index contributed by atoms with van der Waals surface area (Å²) in [7, 11) is 1.59. The lowest BCUT2D eigenvalue weighted by atomic mass is 9.86. The second kappa shape index (κ2) is 5.73. The molecule has 1 aliphatic heterocycles. The normalized spacial score (nSPS) is 16.4. The van der Waals surface area contributed by atoms with Crippen LogP contribution in [-0.4, -0.2) is 22.4 Å². The van der Waals surface area contributed by atoms with Gasteiger partial charge in [-0.15, -0.1) is 0 Å². The first kappa shape index (κ1) is 15.4. The third-order valence-electron chi connectivity index (χ3n) is 4.59. The van der Waals surface area contributed by atoms with E-state index in [1.165, 1.54) is 0 Å². The van der Waals surface area contributed by atoms with Gasteiger partial charge >= 0.3 is 0 Å². The average molecular weight is 335 g/mol. The average Bonchev–Trinajstić information content (AvgIpc) is 2.62. The smallest absolute Gasteiger partial charge is 0.279 e. The number of benzene rings is 1. The molecule has 126 valence electrons. The van der Waals surface area contributed by atoms with Crippen molar-refractivity contribution in [3.63, 3.8) is 0 Å². The zero-order valence-electron chi connectivity index (χ0n) is 13.9. The molecule has 4 rings (SSSR count). The van der Waals surface area contributed by atoms with Crippen LogP contribution in [0.15, 0.2) is 47.4 Å². The molecule has 3 aromatic rings. The number of pyridine rings is 1. The Kier molecular flexibility index (Phi) is 3.53. The first-order valence-electron chi connectivity index (χ1n) is 8.04. The number of anilines is 1. The molecule has 1 atom stereocenters. The zero-order valence-corrected chi connectivity index (χ0v) is 13.9. The molecule has 1 amide bonds. The fourth-order valence-corrected chi connectivity index (χ4v) is 3.37. The van der Waals surface area contributed by atoms with Gasteiger partial charge in [0.05, 0.1) is 12.7 Å². The van der Waals surface area contributed by atoms with Crippen LogP contribution in [0.2, 0.25) is 0 Å². The van der Waals surface area contributed by atoms with Crippen LogP contribution in [0.3, 0.4) is 0 Å². The first-order chi connectivity index (χ1) is 12.1. The molecular formula is C19H17N3O3. The van der Waals surface area contributed by atoms with Crippen LogP contribution in [-0.2, 0) is 4.79 Å². The van der Waals surface area contributed by atoms with Crippen LogP contribution >= 0.6 is 0 Å². The Hall–Kier alpha value is -3.15. The number of carbonyl (C=O) groups is 1. The predicted molar refractivity (Wildman–Crippen MR) is 94.3 cm³/mol. The highest BCUT2D eigenvalue weighted by Gasteiger charge is 2.31. The van der Waals surface area contributed by atoms with Gasteiger partial charge in [-0.05, 0) is 36.2 Å². The number of amides is 1. The molecule has 1 aromatic carbocycles. The molecule has 0 spiro atoms. The number of ether oxygens (including phenoxy) is 1. The van der Waals surface area contributed by atoms with E-state index < -0.39 is 0 Å². The van der Waals surface area contributed by atoms with E-state index in [0.29, 0.717) is 22.8 Å².